The van der Waals surface area contributed by atoms with E-state index in [1.165, 1.54) is 38.6 Å². The zero-order valence-electron chi connectivity index (χ0n) is 12.6. The Labute approximate surface area is 118 Å². The Morgan fingerprint density at radius 3 is 2.21 bits per heavy atom. The molecular weight excluding hydrogens is 230 g/mol. The lowest BCUT2D eigenvalue weighted by Crippen LogP contribution is -2.53. The molecule has 0 aliphatic heterocycles. The average Bonchev–Trinajstić information content (AvgIpc) is 2.39. The molecule has 19 heavy (non-hydrogen) atoms. The molecule has 0 spiro atoms. The van der Waals surface area contributed by atoms with E-state index in [9.17, 15) is 0 Å². The van der Waals surface area contributed by atoms with Crippen LogP contribution in [-0.2, 0) is 0 Å². The molecule has 4 fully saturated rings. The maximum Gasteiger partial charge on any atom is 0.0246 e. The number of nitrogens with one attached hydrogen (secondary N) is 1. The van der Waals surface area contributed by atoms with Gasteiger partial charge < -0.3 is 5.32 Å². The topological polar surface area (TPSA) is 12.0 Å². The van der Waals surface area contributed by atoms with Crippen molar-refractivity contribution in [3.8, 4) is 11.8 Å². The van der Waals surface area contributed by atoms with Gasteiger partial charge in [-0.05, 0) is 81.6 Å². The SMILES string of the molecule is CC#CCC(NCCC)C1C2CC3CC(C2)CC1C3. The zero-order valence-corrected chi connectivity index (χ0v) is 12.6. The molecule has 0 radical (unpaired) electrons. The third kappa shape index (κ3) is 2.70. The summed E-state index contributed by atoms with van der Waals surface area (Å²) in [5, 5.41) is 3.83. The summed E-state index contributed by atoms with van der Waals surface area (Å²) in [6, 6.07) is 0.669. The highest BCUT2D eigenvalue weighted by Gasteiger charge is 2.50. The first-order valence-electron chi connectivity index (χ1n) is 8.44. The first-order valence-corrected chi connectivity index (χ1v) is 8.44. The van der Waals surface area contributed by atoms with E-state index < -0.39 is 0 Å². The first kappa shape index (κ1) is 13.5. The van der Waals surface area contributed by atoms with Gasteiger partial charge in [-0.15, -0.1) is 11.8 Å². The van der Waals surface area contributed by atoms with Crippen molar-refractivity contribution in [2.75, 3.05) is 6.54 Å². The molecule has 1 atom stereocenters. The summed E-state index contributed by atoms with van der Waals surface area (Å²) in [4.78, 5) is 0. The molecule has 1 N–H and O–H groups in total. The van der Waals surface area contributed by atoms with E-state index in [2.05, 4.69) is 24.1 Å². The van der Waals surface area contributed by atoms with Gasteiger partial charge in [0.1, 0.15) is 0 Å². The van der Waals surface area contributed by atoms with Gasteiger partial charge in [0.05, 0.1) is 0 Å². The predicted molar refractivity (Wildman–Crippen MR) is 80.7 cm³/mol. The molecule has 4 saturated carbocycles. The Morgan fingerprint density at radius 1 is 1.05 bits per heavy atom. The van der Waals surface area contributed by atoms with Gasteiger partial charge in [0, 0.05) is 12.5 Å². The van der Waals surface area contributed by atoms with E-state index in [1.54, 1.807) is 6.42 Å². The van der Waals surface area contributed by atoms with Crippen molar-refractivity contribution < 1.29 is 0 Å². The quantitative estimate of drug-likeness (QED) is 0.740. The molecule has 1 unspecified atom stereocenters. The number of rotatable bonds is 5. The Kier molecular flexibility index (Phi) is 4.18. The van der Waals surface area contributed by atoms with Crippen LogP contribution in [0.2, 0.25) is 0 Å². The molecule has 0 aromatic carbocycles. The summed E-state index contributed by atoms with van der Waals surface area (Å²) >= 11 is 0. The van der Waals surface area contributed by atoms with Crippen LogP contribution >= 0.6 is 0 Å². The van der Waals surface area contributed by atoms with E-state index in [0.29, 0.717) is 6.04 Å². The van der Waals surface area contributed by atoms with E-state index >= 15 is 0 Å². The van der Waals surface area contributed by atoms with Crippen LogP contribution in [0.25, 0.3) is 0 Å². The maximum absolute atomic E-state index is 3.83. The van der Waals surface area contributed by atoms with Gasteiger partial charge in [-0.2, -0.15) is 0 Å². The highest BCUT2D eigenvalue weighted by atomic mass is 14.9. The lowest BCUT2D eigenvalue weighted by Gasteiger charge is -2.56. The molecule has 0 amide bonds. The van der Waals surface area contributed by atoms with Crippen LogP contribution in [0.3, 0.4) is 0 Å². The fourth-order valence-corrected chi connectivity index (χ4v) is 5.51. The van der Waals surface area contributed by atoms with Crippen LogP contribution in [0, 0.1) is 41.4 Å². The molecule has 0 heterocycles. The lowest BCUT2D eigenvalue weighted by atomic mass is 9.50. The second kappa shape index (κ2) is 5.88. The van der Waals surface area contributed by atoms with Crippen LogP contribution in [0.4, 0.5) is 0 Å². The van der Waals surface area contributed by atoms with Gasteiger partial charge in [-0.1, -0.05) is 6.92 Å². The number of hydrogen-bond donors (Lipinski definition) is 1. The molecule has 4 bridgehead atoms. The summed E-state index contributed by atoms with van der Waals surface area (Å²) in [6.07, 6.45) is 9.99. The van der Waals surface area contributed by atoms with Gasteiger partial charge >= 0.3 is 0 Å². The summed E-state index contributed by atoms with van der Waals surface area (Å²) in [5.74, 6) is 11.6. The molecule has 0 aromatic rings. The molecule has 1 heteroatoms. The van der Waals surface area contributed by atoms with Crippen LogP contribution < -0.4 is 5.32 Å². The fraction of sp³-hybridized carbons (Fsp3) is 0.889. The third-order valence-electron chi connectivity index (χ3n) is 5.92. The maximum atomic E-state index is 3.83. The molecule has 0 aromatic heterocycles. The van der Waals surface area contributed by atoms with E-state index in [-0.39, 0.29) is 0 Å². The normalized spacial score (nSPS) is 40.8. The fourth-order valence-electron chi connectivity index (χ4n) is 5.51. The van der Waals surface area contributed by atoms with Gasteiger partial charge in [-0.25, -0.2) is 0 Å². The smallest absolute Gasteiger partial charge is 0.0246 e. The summed E-state index contributed by atoms with van der Waals surface area (Å²) < 4.78 is 0. The van der Waals surface area contributed by atoms with E-state index in [4.69, 9.17) is 0 Å². The van der Waals surface area contributed by atoms with Gasteiger partial charge in [0.2, 0.25) is 0 Å². The van der Waals surface area contributed by atoms with Gasteiger partial charge in [0.25, 0.3) is 0 Å². The van der Waals surface area contributed by atoms with Crippen molar-refractivity contribution in [2.24, 2.45) is 29.6 Å². The monoisotopic (exact) mass is 259 g/mol. The second-order valence-corrected chi connectivity index (χ2v) is 7.20. The first-order chi connectivity index (χ1) is 9.31. The van der Waals surface area contributed by atoms with Crippen molar-refractivity contribution in [3.05, 3.63) is 0 Å². The predicted octanol–water partition coefficient (Wildman–Crippen LogP) is 3.84. The van der Waals surface area contributed by atoms with Crippen LogP contribution in [-0.4, -0.2) is 12.6 Å². The van der Waals surface area contributed by atoms with Crippen molar-refractivity contribution in [1.82, 2.24) is 5.32 Å². The largest absolute Gasteiger partial charge is 0.313 e. The van der Waals surface area contributed by atoms with Crippen LogP contribution in [0.15, 0.2) is 0 Å². The summed E-state index contributed by atoms with van der Waals surface area (Å²) in [5.41, 5.74) is 0. The Morgan fingerprint density at radius 2 is 1.68 bits per heavy atom. The molecule has 0 saturated heterocycles. The van der Waals surface area contributed by atoms with Gasteiger partial charge in [-0.3, -0.25) is 0 Å². The standard InChI is InChI=1S/C18H29N/c1-3-5-6-17(19-7-4-2)18-15-9-13-8-14(11-15)12-16(18)10-13/h13-19H,4,6-12H2,1-2H3. The van der Waals surface area contributed by atoms with Crippen molar-refractivity contribution in [2.45, 2.75) is 64.8 Å². The minimum absolute atomic E-state index is 0.669. The molecule has 106 valence electrons. The van der Waals surface area contributed by atoms with E-state index in [1.807, 2.05) is 6.92 Å². The lowest BCUT2D eigenvalue weighted by molar-refractivity contribution is -0.0510. The third-order valence-corrected chi connectivity index (χ3v) is 5.92. The average molecular weight is 259 g/mol. The summed E-state index contributed by atoms with van der Waals surface area (Å²) in [7, 11) is 0. The van der Waals surface area contributed by atoms with E-state index in [0.717, 1.165) is 36.0 Å². The summed E-state index contributed by atoms with van der Waals surface area (Å²) in [6.45, 7) is 5.42. The number of hydrogen-bond acceptors (Lipinski definition) is 1. The van der Waals surface area contributed by atoms with Crippen molar-refractivity contribution >= 4 is 0 Å². The zero-order chi connectivity index (χ0) is 13.2. The molecule has 4 rings (SSSR count). The van der Waals surface area contributed by atoms with Crippen LogP contribution in [0.1, 0.15) is 58.8 Å². The Hall–Kier alpha value is -0.480. The highest BCUT2D eigenvalue weighted by Crippen LogP contribution is 2.57. The molecule has 4 aliphatic rings. The minimum Gasteiger partial charge on any atom is -0.313 e. The molecule has 1 nitrogen and oxygen atoms in total. The molecular formula is C18H29N. The second-order valence-electron chi connectivity index (χ2n) is 7.20. The highest BCUT2D eigenvalue weighted by molar-refractivity contribution is 5.06. The van der Waals surface area contributed by atoms with Gasteiger partial charge in [0.15, 0.2) is 0 Å². The Balaban J connectivity index is 1.71. The van der Waals surface area contributed by atoms with Crippen molar-refractivity contribution in [1.29, 1.82) is 0 Å². The Bertz CT molecular complexity index is 334. The van der Waals surface area contributed by atoms with Crippen LogP contribution in [0.5, 0.6) is 0 Å². The molecule has 4 aliphatic carbocycles. The minimum atomic E-state index is 0.669. The van der Waals surface area contributed by atoms with Crippen molar-refractivity contribution in [3.63, 3.8) is 0 Å².